The molecule has 0 unspecified atom stereocenters. The minimum absolute atomic E-state index is 0.947. The molecule has 90 valence electrons. The van der Waals surface area contributed by atoms with E-state index in [0.717, 1.165) is 13.2 Å². The predicted octanol–water partition coefficient (Wildman–Crippen LogP) is 4.72. The van der Waals surface area contributed by atoms with Gasteiger partial charge in [0.2, 0.25) is 0 Å². The Hall–Kier alpha value is -0.300. The van der Waals surface area contributed by atoms with Crippen molar-refractivity contribution in [2.75, 3.05) is 13.2 Å². The summed E-state index contributed by atoms with van der Waals surface area (Å²) in [5.74, 6) is 0. The van der Waals surface area contributed by atoms with Gasteiger partial charge < -0.3 is 4.74 Å². The molecule has 1 heteroatoms. The number of hydrogen-bond acceptors (Lipinski definition) is 1. The number of unbranched alkanes of at least 4 members (excludes halogenated alkanes) is 5. The van der Waals surface area contributed by atoms with E-state index in [1.165, 1.54) is 51.4 Å². The second-order valence-corrected chi connectivity index (χ2v) is 4.08. The van der Waals surface area contributed by atoms with Crippen LogP contribution in [0.1, 0.15) is 65.2 Å². The molecule has 15 heavy (non-hydrogen) atoms. The lowest BCUT2D eigenvalue weighted by Crippen LogP contribution is -1.95. The van der Waals surface area contributed by atoms with Gasteiger partial charge in [-0.3, -0.25) is 0 Å². The van der Waals surface area contributed by atoms with Crippen LogP contribution in [-0.4, -0.2) is 13.2 Å². The standard InChI is InChI=1S/C14H28O/c1-3-5-7-8-9-10-11-12-14-15-13-6-4-2/h8-9H,3-7,10-14H2,1-2H3/b9-8+. The minimum atomic E-state index is 0.947. The van der Waals surface area contributed by atoms with Gasteiger partial charge in [0.05, 0.1) is 0 Å². The molecular formula is C14H28O. The van der Waals surface area contributed by atoms with Crippen LogP contribution in [-0.2, 0) is 4.74 Å². The van der Waals surface area contributed by atoms with Crippen molar-refractivity contribution in [1.29, 1.82) is 0 Å². The molecule has 0 aliphatic carbocycles. The van der Waals surface area contributed by atoms with Crippen LogP contribution in [0, 0.1) is 0 Å². The van der Waals surface area contributed by atoms with Crippen molar-refractivity contribution >= 4 is 0 Å². The third-order valence-corrected chi connectivity index (χ3v) is 2.44. The van der Waals surface area contributed by atoms with Gasteiger partial charge in [-0.25, -0.2) is 0 Å². The van der Waals surface area contributed by atoms with Crippen LogP contribution in [0.15, 0.2) is 12.2 Å². The Balaban J connectivity index is 2.95. The first-order valence-corrected chi connectivity index (χ1v) is 6.64. The molecule has 0 atom stereocenters. The first-order chi connectivity index (χ1) is 7.41. The van der Waals surface area contributed by atoms with E-state index in [4.69, 9.17) is 4.74 Å². The lowest BCUT2D eigenvalue weighted by Gasteiger charge is -2.01. The quantitative estimate of drug-likeness (QED) is 0.356. The molecule has 0 spiro atoms. The highest BCUT2D eigenvalue weighted by atomic mass is 16.5. The molecule has 0 fully saturated rings. The predicted molar refractivity (Wildman–Crippen MR) is 68.2 cm³/mol. The van der Waals surface area contributed by atoms with Crippen LogP contribution in [0.2, 0.25) is 0 Å². The highest BCUT2D eigenvalue weighted by Gasteiger charge is 1.88. The molecular weight excluding hydrogens is 184 g/mol. The molecule has 0 heterocycles. The van der Waals surface area contributed by atoms with Crippen LogP contribution in [0.5, 0.6) is 0 Å². The Bertz CT molecular complexity index is 129. The molecule has 0 radical (unpaired) electrons. The highest BCUT2D eigenvalue weighted by molar-refractivity contribution is 4.80. The zero-order valence-electron chi connectivity index (χ0n) is 10.6. The molecule has 0 aromatic rings. The molecule has 0 saturated heterocycles. The second-order valence-electron chi connectivity index (χ2n) is 4.08. The molecule has 1 nitrogen and oxygen atoms in total. The van der Waals surface area contributed by atoms with Crippen LogP contribution < -0.4 is 0 Å². The fourth-order valence-electron chi connectivity index (χ4n) is 1.37. The Labute approximate surface area is 95.9 Å². The third-order valence-electron chi connectivity index (χ3n) is 2.44. The van der Waals surface area contributed by atoms with E-state index in [2.05, 4.69) is 26.0 Å². The summed E-state index contributed by atoms with van der Waals surface area (Å²) in [6.45, 7) is 6.33. The SMILES string of the molecule is CCCC/C=C/CCCCOCCCC. The van der Waals surface area contributed by atoms with Crippen molar-refractivity contribution in [2.45, 2.75) is 65.2 Å². The Morgan fingerprint density at radius 3 is 2.00 bits per heavy atom. The average Bonchev–Trinajstić information content (AvgIpc) is 2.26. The summed E-state index contributed by atoms with van der Waals surface area (Å²) in [4.78, 5) is 0. The van der Waals surface area contributed by atoms with E-state index in [1.807, 2.05) is 0 Å². The molecule has 0 N–H and O–H groups in total. The summed E-state index contributed by atoms with van der Waals surface area (Å²) < 4.78 is 5.50. The van der Waals surface area contributed by atoms with Gasteiger partial charge in [-0.2, -0.15) is 0 Å². The van der Waals surface area contributed by atoms with Crippen molar-refractivity contribution < 1.29 is 4.74 Å². The summed E-state index contributed by atoms with van der Waals surface area (Å²) >= 11 is 0. The normalized spacial score (nSPS) is 11.3. The number of rotatable bonds is 11. The molecule has 0 aliphatic rings. The van der Waals surface area contributed by atoms with Crippen molar-refractivity contribution in [3.63, 3.8) is 0 Å². The van der Waals surface area contributed by atoms with Gasteiger partial charge in [0.15, 0.2) is 0 Å². The van der Waals surface area contributed by atoms with Crippen molar-refractivity contribution in [2.24, 2.45) is 0 Å². The molecule has 0 aromatic heterocycles. The molecule has 0 rings (SSSR count). The number of hydrogen-bond donors (Lipinski definition) is 0. The summed E-state index contributed by atoms with van der Waals surface area (Å²) in [6.07, 6.45) is 14.7. The van der Waals surface area contributed by atoms with Crippen LogP contribution >= 0.6 is 0 Å². The lowest BCUT2D eigenvalue weighted by atomic mass is 10.2. The largest absolute Gasteiger partial charge is 0.381 e. The number of ether oxygens (including phenoxy) is 1. The van der Waals surface area contributed by atoms with E-state index in [1.54, 1.807) is 0 Å². The van der Waals surface area contributed by atoms with Crippen LogP contribution in [0.25, 0.3) is 0 Å². The molecule has 0 aliphatic heterocycles. The summed E-state index contributed by atoms with van der Waals surface area (Å²) in [5.41, 5.74) is 0. The lowest BCUT2D eigenvalue weighted by molar-refractivity contribution is 0.128. The van der Waals surface area contributed by atoms with E-state index in [0.29, 0.717) is 0 Å². The fraction of sp³-hybridized carbons (Fsp3) is 0.857. The van der Waals surface area contributed by atoms with Gasteiger partial charge in [0.1, 0.15) is 0 Å². The van der Waals surface area contributed by atoms with Crippen LogP contribution in [0.4, 0.5) is 0 Å². The zero-order valence-corrected chi connectivity index (χ0v) is 10.6. The van der Waals surface area contributed by atoms with E-state index in [9.17, 15) is 0 Å². The van der Waals surface area contributed by atoms with Gasteiger partial charge >= 0.3 is 0 Å². The van der Waals surface area contributed by atoms with E-state index in [-0.39, 0.29) is 0 Å². The maximum Gasteiger partial charge on any atom is 0.0466 e. The van der Waals surface area contributed by atoms with Gasteiger partial charge in [0.25, 0.3) is 0 Å². The van der Waals surface area contributed by atoms with Gasteiger partial charge in [-0.05, 0) is 32.1 Å². The maximum atomic E-state index is 5.50. The molecule has 0 amide bonds. The van der Waals surface area contributed by atoms with Gasteiger partial charge in [-0.1, -0.05) is 45.3 Å². The zero-order chi connectivity index (χ0) is 11.2. The first-order valence-electron chi connectivity index (χ1n) is 6.64. The second kappa shape index (κ2) is 13.7. The average molecular weight is 212 g/mol. The topological polar surface area (TPSA) is 9.23 Å². The van der Waals surface area contributed by atoms with Crippen LogP contribution in [0.3, 0.4) is 0 Å². The summed E-state index contributed by atoms with van der Waals surface area (Å²) in [5, 5.41) is 0. The van der Waals surface area contributed by atoms with Crippen molar-refractivity contribution in [1.82, 2.24) is 0 Å². The molecule has 0 bridgehead atoms. The molecule has 0 saturated carbocycles. The minimum Gasteiger partial charge on any atom is -0.381 e. The monoisotopic (exact) mass is 212 g/mol. The first kappa shape index (κ1) is 14.7. The van der Waals surface area contributed by atoms with Crippen molar-refractivity contribution in [3.05, 3.63) is 12.2 Å². The van der Waals surface area contributed by atoms with Crippen molar-refractivity contribution in [3.8, 4) is 0 Å². The summed E-state index contributed by atoms with van der Waals surface area (Å²) in [7, 11) is 0. The number of allylic oxidation sites excluding steroid dienone is 2. The Kier molecular flexibility index (Phi) is 13.4. The van der Waals surface area contributed by atoms with Gasteiger partial charge in [-0.15, -0.1) is 0 Å². The molecule has 0 aromatic carbocycles. The van der Waals surface area contributed by atoms with E-state index >= 15 is 0 Å². The Morgan fingerprint density at radius 2 is 1.33 bits per heavy atom. The van der Waals surface area contributed by atoms with E-state index < -0.39 is 0 Å². The highest BCUT2D eigenvalue weighted by Crippen LogP contribution is 2.01. The maximum absolute atomic E-state index is 5.50. The summed E-state index contributed by atoms with van der Waals surface area (Å²) in [6, 6.07) is 0. The fourth-order valence-corrected chi connectivity index (χ4v) is 1.37. The third kappa shape index (κ3) is 13.7. The Morgan fingerprint density at radius 1 is 0.733 bits per heavy atom. The van der Waals surface area contributed by atoms with Gasteiger partial charge in [0, 0.05) is 13.2 Å². The smallest absolute Gasteiger partial charge is 0.0466 e.